The Morgan fingerprint density at radius 2 is 2.00 bits per heavy atom. The Balaban J connectivity index is 1.73. The van der Waals surface area contributed by atoms with Crippen LogP contribution in [0.5, 0.6) is 5.75 Å². The molecule has 0 N–H and O–H groups in total. The van der Waals surface area contributed by atoms with Gasteiger partial charge in [-0.2, -0.15) is 0 Å². The maximum Gasteiger partial charge on any atom is 0.146 e. The second-order valence-corrected chi connectivity index (χ2v) is 6.22. The van der Waals surface area contributed by atoms with E-state index in [1.807, 2.05) is 12.3 Å². The second-order valence-electron chi connectivity index (χ2n) is 6.22. The van der Waals surface area contributed by atoms with Crippen molar-refractivity contribution in [3.8, 4) is 5.75 Å². The summed E-state index contributed by atoms with van der Waals surface area (Å²) in [6.07, 6.45) is 7.71. The van der Waals surface area contributed by atoms with Crippen molar-refractivity contribution >= 4 is 10.9 Å². The minimum Gasteiger partial charge on any atom is -0.487 e. The highest BCUT2D eigenvalue weighted by Crippen LogP contribution is 2.26. The van der Waals surface area contributed by atoms with Crippen molar-refractivity contribution in [2.45, 2.75) is 39.7 Å². The average molecular weight is 318 g/mol. The molecule has 0 saturated carbocycles. The number of unbranched alkanes of at least 4 members (excludes halogenated alkanes) is 2. The molecule has 2 heteroatoms. The molecule has 0 unspecified atom stereocenters. The fourth-order valence-corrected chi connectivity index (χ4v) is 2.86. The van der Waals surface area contributed by atoms with E-state index in [1.54, 1.807) is 0 Å². The number of aromatic nitrogens is 1. The lowest BCUT2D eigenvalue weighted by Gasteiger charge is -2.11. The third-order valence-corrected chi connectivity index (χ3v) is 4.10. The number of benzene rings is 2. The highest BCUT2D eigenvalue weighted by Gasteiger charge is 2.06. The number of nitrogens with zero attached hydrogens (tertiary/aromatic N) is 1. The lowest BCUT2D eigenvalue weighted by Crippen LogP contribution is -1.98. The molecule has 3 rings (SSSR count). The van der Waals surface area contributed by atoms with Crippen LogP contribution in [0.15, 0.2) is 54.7 Å². The molecule has 0 amide bonds. The third kappa shape index (κ3) is 4.14. The van der Waals surface area contributed by atoms with Gasteiger partial charge in [0.05, 0.1) is 0 Å². The van der Waals surface area contributed by atoms with Crippen LogP contribution in [0.2, 0.25) is 0 Å². The molecule has 1 radical (unpaired) electrons. The number of hydrogen-bond donors (Lipinski definition) is 0. The molecule has 3 aromatic rings. The van der Waals surface area contributed by atoms with E-state index in [0.717, 1.165) is 23.1 Å². The predicted molar refractivity (Wildman–Crippen MR) is 100 cm³/mol. The van der Waals surface area contributed by atoms with Crippen molar-refractivity contribution < 1.29 is 4.74 Å². The van der Waals surface area contributed by atoms with E-state index >= 15 is 0 Å². The molecular weight excluding hydrogens is 294 g/mol. The standard InChI is InChI=1S/C22H24NO/c1-3-4-5-8-18-9-6-10-19(15-18)16-24-21-14-17(2)13-20-11-7-12-23-22(20)21/h6-15H,3-5,16H2,1-2H3. The topological polar surface area (TPSA) is 22.1 Å². The molecule has 2 aromatic carbocycles. The van der Waals surface area contributed by atoms with Gasteiger partial charge >= 0.3 is 0 Å². The monoisotopic (exact) mass is 318 g/mol. The number of fused-ring (bicyclic) bond motifs is 1. The number of rotatable bonds is 7. The highest BCUT2D eigenvalue weighted by molar-refractivity contribution is 5.85. The fraction of sp³-hybridized carbons (Fsp3) is 0.273. The van der Waals surface area contributed by atoms with Crippen molar-refractivity contribution in [2.75, 3.05) is 0 Å². The van der Waals surface area contributed by atoms with Gasteiger partial charge in [-0.3, -0.25) is 4.98 Å². The van der Waals surface area contributed by atoms with Crippen LogP contribution in [-0.4, -0.2) is 4.98 Å². The summed E-state index contributed by atoms with van der Waals surface area (Å²) in [5.41, 5.74) is 4.57. The maximum absolute atomic E-state index is 6.09. The summed E-state index contributed by atoms with van der Waals surface area (Å²) in [4.78, 5) is 4.47. The van der Waals surface area contributed by atoms with Gasteiger partial charge in [0.15, 0.2) is 0 Å². The number of hydrogen-bond acceptors (Lipinski definition) is 2. The first-order valence-electron chi connectivity index (χ1n) is 8.66. The van der Waals surface area contributed by atoms with Crippen LogP contribution < -0.4 is 4.74 Å². The van der Waals surface area contributed by atoms with Crippen LogP contribution in [0.25, 0.3) is 10.9 Å². The van der Waals surface area contributed by atoms with Crippen LogP contribution in [-0.2, 0) is 6.61 Å². The summed E-state index contributed by atoms with van der Waals surface area (Å²) in [7, 11) is 0. The molecule has 0 fully saturated rings. The number of pyridine rings is 1. The minimum atomic E-state index is 0.560. The smallest absolute Gasteiger partial charge is 0.146 e. The van der Waals surface area contributed by atoms with Gasteiger partial charge in [0.25, 0.3) is 0 Å². The Bertz CT molecular complexity index is 810. The molecule has 0 aliphatic rings. The van der Waals surface area contributed by atoms with Crippen LogP contribution in [0.1, 0.15) is 42.9 Å². The van der Waals surface area contributed by atoms with Gasteiger partial charge in [-0.25, -0.2) is 0 Å². The van der Waals surface area contributed by atoms with E-state index in [4.69, 9.17) is 4.74 Å². The van der Waals surface area contributed by atoms with Gasteiger partial charge in [-0.1, -0.05) is 50.1 Å². The zero-order valence-corrected chi connectivity index (χ0v) is 14.5. The molecule has 0 bridgehead atoms. The van der Waals surface area contributed by atoms with Crippen LogP contribution in [0.3, 0.4) is 0 Å². The summed E-state index contributed by atoms with van der Waals surface area (Å²) in [5.74, 6) is 0.853. The SMILES string of the molecule is CCCC[CH]c1cccc(COc2cc(C)cc3cccnc23)c1. The minimum absolute atomic E-state index is 0.560. The number of aryl methyl sites for hydroxylation is 1. The first-order valence-corrected chi connectivity index (χ1v) is 8.66. The fourth-order valence-electron chi connectivity index (χ4n) is 2.86. The summed E-state index contributed by atoms with van der Waals surface area (Å²) in [5, 5.41) is 1.12. The second kappa shape index (κ2) is 7.96. The highest BCUT2D eigenvalue weighted by atomic mass is 16.5. The van der Waals surface area contributed by atoms with E-state index in [9.17, 15) is 0 Å². The Labute approximate surface area is 144 Å². The van der Waals surface area contributed by atoms with Crippen LogP contribution in [0, 0.1) is 13.3 Å². The van der Waals surface area contributed by atoms with Crippen molar-refractivity contribution in [3.63, 3.8) is 0 Å². The van der Waals surface area contributed by atoms with Crippen molar-refractivity contribution in [1.82, 2.24) is 4.98 Å². The average Bonchev–Trinajstić information content (AvgIpc) is 2.60. The van der Waals surface area contributed by atoms with E-state index in [2.05, 4.69) is 67.7 Å². The van der Waals surface area contributed by atoms with Crippen molar-refractivity contribution in [2.24, 2.45) is 0 Å². The first kappa shape index (κ1) is 16.5. The molecule has 0 atom stereocenters. The van der Waals surface area contributed by atoms with Gasteiger partial charge < -0.3 is 4.74 Å². The molecule has 0 aliphatic heterocycles. The molecule has 24 heavy (non-hydrogen) atoms. The van der Waals surface area contributed by atoms with Gasteiger partial charge in [0.1, 0.15) is 17.9 Å². The van der Waals surface area contributed by atoms with E-state index in [-0.39, 0.29) is 0 Å². The van der Waals surface area contributed by atoms with Gasteiger partial charge in [0.2, 0.25) is 0 Å². The molecular formula is C22H24NO. The van der Waals surface area contributed by atoms with E-state index in [0.29, 0.717) is 6.61 Å². The lowest BCUT2D eigenvalue weighted by molar-refractivity contribution is 0.309. The third-order valence-electron chi connectivity index (χ3n) is 4.10. The first-order chi connectivity index (χ1) is 11.8. The summed E-state index contributed by atoms with van der Waals surface area (Å²) in [6.45, 7) is 4.87. The van der Waals surface area contributed by atoms with Crippen LogP contribution in [0.4, 0.5) is 0 Å². The van der Waals surface area contributed by atoms with Gasteiger partial charge in [-0.05, 0) is 54.7 Å². The lowest BCUT2D eigenvalue weighted by atomic mass is 10.0. The molecule has 0 spiro atoms. The van der Waals surface area contributed by atoms with E-state index in [1.165, 1.54) is 29.5 Å². The molecule has 1 heterocycles. The Hall–Kier alpha value is -2.35. The molecule has 2 nitrogen and oxygen atoms in total. The Morgan fingerprint density at radius 3 is 2.88 bits per heavy atom. The van der Waals surface area contributed by atoms with Crippen molar-refractivity contribution in [3.05, 3.63) is 77.8 Å². The summed E-state index contributed by atoms with van der Waals surface area (Å²) >= 11 is 0. The van der Waals surface area contributed by atoms with Gasteiger partial charge in [-0.15, -0.1) is 0 Å². The molecule has 123 valence electrons. The predicted octanol–water partition coefficient (Wildman–Crippen LogP) is 5.86. The quantitative estimate of drug-likeness (QED) is 0.509. The Kier molecular flexibility index (Phi) is 5.47. The van der Waals surface area contributed by atoms with E-state index < -0.39 is 0 Å². The van der Waals surface area contributed by atoms with Gasteiger partial charge in [0, 0.05) is 11.6 Å². The van der Waals surface area contributed by atoms with Crippen LogP contribution >= 0.6 is 0 Å². The molecule has 0 saturated heterocycles. The zero-order chi connectivity index (χ0) is 16.8. The Morgan fingerprint density at radius 1 is 1.08 bits per heavy atom. The normalized spacial score (nSPS) is 10.9. The number of ether oxygens (including phenoxy) is 1. The zero-order valence-electron chi connectivity index (χ0n) is 14.5. The molecule has 0 aliphatic carbocycles. The maximum atomic E-state index is 6.09. The van der Waals surface area contributed by atoms with Crippen molar-refractivity contribution in [1.29, 1.82) is 0 Å². The summed E-state index contributed by atoms with van der Waals surface area (Å²) < 4.78 is 6.09. The summed E-state index contributed by atoms with van der Waals surface area (Å²) in [6, 6.07) is 16.8. The molecule has 1 aromatic heterocycles. The largest absolute Gasteiger partial charge is 0.487 e.